The highest BCUT2D eigenvalue weighted by molar-refractivity contribution is 6.30. The van der Waals surface area contributed by atoms with Gasteiger partial charge in [-0.3, -0.25) is 4.79 Å². The van der Waals surface area contributed by atoms with E-state index in [2.05, 4.69) is 10.4 Å². The lowest BCUT2D eigenvalue weighted by atomic mass is 10.1. The van der Waals surface area contributed by atoms with E-state index < -0.39 is 35.4 Å². The topological polar surface area (TPSA) is 87.5 Å². The molecule has 7 nitrogen and oxygen atoms in total. The predicted molar refractivity (Wildman–Crippen MR) is 115 cm³/mol. The SMILES string of the molecule is C[C@H](NC(=O)c1c(C(F)(F)F)nn2c1N(c1ccc(Cl)cc1)CC2)c1ccc(C(=O)O)cc1. The number of aromatic carboxylic acids is 1. The zero-order valence-corrected chi connectivity index (χ0v) is 18.0. The lowest BCUT2D eigenvalue weighted by Crippen LogP contribution is -2.30. The van der Waals surface area contributed by atoms with Crippen LogP contribution in [0.4, 0.5) is 24.7 Å². The van der Waals surface area contributed by atoms with Crippen LogP contribution >= 0.6 is 11.6 Å². The van der Waals surface area contributed by atoms with Crippen LogP contribution in [0.25, 0.3) is 0 Å². The van der Waals surface area contributed by atoms with Gasteiger partial charge in [-0.15, -0.1) is 0 Å². The van der Waals surface area contributed by atoms with Crippen LogP contribution in [0.1, 0.15) is 44.9 Å². The van der Waals surface area contributed by atoms with Crippen molar-refractivity contribution < 1.29 is 27.9 Å². The highest BCUT2D eigenvalue weighted by atomic mass is 35.5. The number of rotatable bonds is 5. The number of carboxylic acid groups (broad SMARTS) is 1. The van der Waals surface area contributed by atoms with E-state index >= 15 is 0 Å². The zero-order valence-electron chi connectivity index (χ0n) is 17.2. The Bertz CT molecular complexity index is 1210. The molecule has 2 aromatic carbocycles. The summed E-state index contributed by atoms with van der Waals surface area (Å²) in [6.07, 6.45) is -4.83. The average molecular weight is 479 g/mol. The molecular weight excluding hydrogens is 461 g/mol. The van der Waals surface area contributed by atoms with Crippen LogP contribution < -0.4 is 10.2 Å². The molecule has 1 aromatic heterocycles. The van der Waals surface area contributed by atoms with Crippen LogP contribution in [0.5, 0.6) is 0 Å². The number of benzene rings is 2. The minimum Gasteiger partial charge on any atom is -0.478 e. The minimum atomic E-state index is -4.83. The van der Waals surface area contributed by atoms with Gasteiger partial charge in [-0.25, -0.2) is 9.48 Å². The molecule has 4 rings (SSSR count). The van der Waals surface area contributed by atoms with Gasteiger partial charge in [0.25, 0.3) is 5.91 Å². The van der Waals surface area contributed by atoms with Crippen molar-refractivity contribution in [3.63, 3.8) is 0 Å². The van der Waals surface area contributed by atoms with Crippen molar-refractivity contribution in [2.45, 2.75) is 25.7 Å². The molecule has 2 heterocycles. The Morgan fingerprint density at radius 2 is 1.73 bits per heavy atom. The van der Waals surface area contributed by atoms with E-state index in [-0.39, 0.29) is 17.9 Å². The first-order valence-corrected chi connectivity index (χ1v) is 10.3. The summed E-state index contributed by atoms with van der Waals surface area (Å²) in [6.45, 7) is 2.12. The first-order chi connectivity index (χ1) is 15.6. The number of hydrogen-bond donors (Lipinski definition) is 2. The summed E-state index contributed by atoms with van der Waals surface area (Å²) in [5.41, 5.74) is -0.644. The number of anilines is 2. The molecule has 172 valence electrons. The molecule has 33 heavy (non-hydrogen) atoms. The largest absolute Gasteiger partial charge is 0.478 e. The number of amides is 1. The van der Waals surface area contributed by atoms with Gasteiger partial charge in [0.05, 0.1) is 18.2 Å². The van der Waals surface area contributed by atoms with Crippen molar-refractivity contribution in [2.24, 2.45) is 0 Å². The Kier molecular flexibility index (Phi) is 5.79. The van der Waals surface area contributed by atoms with Crippen molar-refractivity contribution >= 4 is 35.0 Å². The third-order valence-corrected chi connectivity index (χ3v) is 5.61. The van der Waals surface area contributed by atoms with E-state index in [0.717, 1.165) is 0 Å². The lowest BCUT2D eigenvalue weighted by Gasteiger charge is -2.21. The average Bonchev–Trinajstić information content (AvgIpc) is 3.34. The Labute approximate surface area is 191 Å². The number of alkyl halides is 3. The van der Waals surface area contributed by atoms with Crippen LogP contribution in [0, 0.1) is 0 Å². The molecule has 0 bridgehead atoms. The second-order valence-electron chi connectivity index (χ2n) is 7.52. The summed E-state index contributed by atoms with van der Waals surface area (Å²) in [5, 5.41) is 15.8. The molecule has 0 saturated carbocycles. The van der Waals surface area contributed by atoms with Gasteiger partial charge >= 0.3 is 12.1 Å². The molecule has 0 radical (unpaired) electrons. The number of carboxylic acids is 1. The van der Waals surface area contributed by atoms with E-state index in [0.29, 0.717) is 22.8 Å². The first kappa shape index (κ1) is 22.7. The fraction of sp³-hybridized carbons (Fsp3) is 0.227. The summed E-state index contributed by atoms with van der Waals surface area (Å²) in [4.78, 5) is 25.7. The summed E-state index contributed by atoms with van der Waals surface area (Å²) >= 11 is 5.93. The molecule has 0 unspecified atom stereocenters. The van der Waals surface area contributed by atoms with Crippen molar-refractivity contribution in [1.82, 2.24) is 15.1 Å². The number of halogens is 4. The Morgan fingerprint density at radius 3 is 2.30 bits per heavy atom. The van der Waals surface area contributed by atoms with Crippen molar-refractivity contribution in [3.05, 3.63) is 75.9 Å². The van der Waals surface area contributed by atoms with Gasteiger partial charge in [0.1, 0.15) is 11.4 Å². The number of carbonyl (C=O) groups excluding carboxylic acids is 1. The third-order valence-electron chi connectivity index (χ3n) is 5.36. The standard InChI is InChI=1S/C22H18ClF3N4O3/c1-12(13-2-4-14(5-3-13)21(32)33)27-19(31)17-18(22(24,25)26)28-30-11-10-29(20(17)30)16-8-6-15(23)7-9-16/h2-9,12H,10-11H2,1H3,(H,27,31)(H,32,33)/t12-/m0/s1. The van der Waals surface area contributed by atoms with E-state index in [1.54, 1.807) is 36.1 Å². The van der Waals surface area contributed by atoms with Gasteiger partial charge < -0.3 is 15.3 Å². The summed E-state index contributed by atoms with van der Waals surface area (Å²) < 4.78 is 42.5. The van der Waals surface area contributed by atoms with Crippen LogP contribution in [0.2, 0.25) is 5.02 Å². The van der Waals surface area contributed by atoms with Crippen LogP contribution in [-0.2, 0) is 12.7 Å². The normalized spacial score (nSPS) is 14.2. The summed E-state index contributed by atoms with van der Waals surface area (Å²) in [7, 11) is 0. The fourth-order valence-electron chi connectivity index (χ4n) is 3.73. The van der Waals surface area contributed by atoms with Gasteiger partial charge in [-0.05, 0) is 48.9 Å². The maximum absolute atomic E-state index is 13.8. The Hall–Kier alpha value is -3.53. The molecule has 1 amide bonds. The second kappa shape index (κ2) is 8.43. The minimum absolute atomic E-state index is 0.0515. The zero-order chi connectivity index (χ0) is 23.9. The molecule has 1 atom stereocenters. The molecule has 1 aliphatic rings. The first-order valence-electron chi connectivity index (χ1n) is 9.91. The molecule has 0 saturated heterocycles. The van der Waals surface area contributed by atoms with Crippen molar-refractivity contribution in [2.75, 3.05) is 11.4 Å². The fourth-order valence-corrected chi connectivity index (χ4v) is 3.86. The summed E-state index contributed by atoms with van der Waals surface area (Å²) in [5.74, 6) is -1.99. The Balaban J connectivity index is 1.69. The molecule has 3 aromatic rings. The molecule has 1 aliphatic heterocycles. The Morgan fingerprint density at radius 1 is 1.09 bits per heavy atom. The van der Waals surface area contributed by atoms with E-state index in [9.17, 15) is 22.8 Å². The van der Waals surface area contributed by atoms with Crippen LogP contribution in [0.15, 0.2) is 48.5 Å². The monoisotopic (exact) mass is 478 g/mol. The van der Waals surface area contributed by atoms with Gasteiger partial charge in [0.15, 0.2) is 5.69 Å². The molecule has 2 N–H and O–H groups in total. The van der Waals surface area contributed by atoms with Crippen LogP contribution in [-0.4, -0.2) is 33.3 Å². The quantitative estimate of drug-likeness (QED) is 0.545. The highest BCUT2D eigenvalue weighted by Crippen LogP contribution is 2.41. The predicted octanol–water partition coefficient (Wildman–Crippen LogP) is 4.90. The van der Waals surface area contributed by atoms with Gasteiger partial charge in [0, 0.05) is 17.3 Å². The van der Waals surface area contributed by atoms with E-state index in [1.165, 1.54) is 28.9 Å². The highest BCUT2D eigenvalue weighted by Gasteiger charge is 2.44. The van der Waals surface area contributed by atoms with Gasteiger partial charge in [-0.2, -0.15) is 18.3 Å². The molecule has 11 heteroatoms. The number of nitrogens with one attached hydrogen (secondary N) is 1. The molecule has 0 aliphatic carbocycles. The van der Waals surface area contributed by atoms with E-state index in [1.807, 2.05) is 0 Å². The number of nitrogens with zero attached hydrogens (tertiary/aromatic N) is 3. The summed E-state index contributed by atoms with van der Waals surface area (Å²) in [6, 6.07) is 11.6. The number of hydrogen-bond acceptors (Lipinski definition) is 4. The number of aromatic nitrogens is 2. The third kappa shape index (κ3) is 4.38. The van der Waals surface area contributed by atoms with Crippen LogP contribution in [0.3, 0.4) is 0 Å². The second-order valence-corrected chi connectivity index (χ2v) is 7.95. The number of fused-ring (bicyclic) bond motifs is 1. The molecule has 0 spiro atoms. The van der Waals surface area contributed by atoms with Crippen molar-refractivity contribution in [3.8, 4) is 0 Å². The maximum atomic E-state index is 13.8. The van der Waals surface area contributed by atoms with Crippen molar-refractivity contribution in [1.29, 1.82) is 0 Å². The molecular formula is C22H18ClF3N4O3. The lowest BCUT2D eigenvalue weighted by molar-refractivity contribution is -0.141. The smallest absolute Gasteiger partial charge is 0.436 e. The molecule has 0 fully saturated rings. The van der Waals surface area contributed by atoms with E-state index in [4.69, 9.17) is 16.7 Å². The van der Waals surface area contributed by atoms with Gasteiger partial charge in [-0.1, -0.05) is 23.7 Å². The van der Waals surface area contributed by atoms with Gasteiger partial charge in [0.2, 0.25) is 0 Å². The number of carbonyl (C=O) groups is 2. The maximum Gasteiger partial charge on any atom is 0.436 e.